The highest BCUT2D eigenvalue weighted by molar-refractivity contribution is 5.87. The first-order valence-corrected chi connectivity index (χ1v) is 11.4. The van der Waals surface area contributed by atoms with Gasteiger partial charge in [0.2, 0.25) is 0 Å². The second-order valence-electron chi connectivity index (χ2n) is 10.7. The first-order chi connectivity index (χ1) is 13.3. The number of aliphatic hydroxyl groups is 1. The Morgan fingerprint density at radius 1 is 0.929 bits per heavy atom. The van der Waals surface area contributed by atoms with Gasteiger partial charge >= 0.3 is 0 Å². The summed E-state index contributed by atoms with van der Waals surface area (Å²) < 4.78 is 0. The zero-order valence-electron chi connectivity index (χ0n) is 17.4. The third kappa shape index (κ3) is 2.67. The van der Waals surface area contributed by atoms with Crippen LogP contribution in [0.2, 0.25) is 0 Å². The molecule has 2 heteroatoms. The van der Waals surface area contributed by atoms with Gasteiger partial charge in [-0.15, -0.1) is 0 Å². The molecule has 28 heavy (non-hydrogen) atoms. The zero-order chi connectivity index (χ0) is 19.6. The van der Waals surface area contributed by atoms with Crippen LogP contribution in [0.5, 0.6) is 0 Å². The molecule has 4 aliphatic rings. The molecule has 150 valence electrons. The fourth-order valence-electron chi connectivity index (χ4n) is 7.64. The van der Waals surface area contributed by atoms with Gasteiger partial charge in [0.25, 0.3) is 0 Å². The maximum Gasteiger partial charge on any atom is 0.139 e. The molecule has 1 N–H and O–H groups in total. The molecule has 0 bridgehead atoms. The molecular weight excluding hydrogens is 344 g/mol. The first kappa shape index (κ1) is 18.6. The van der Waals surface area contributed by atoms with Crippen molar-refractivity contribution in [3.63, 3.8) is 0 Å². The molecule has 0 saturated heterocycles. The highest BCUT2D eigenvalue weighted by Gasteiger charge is 2.59. The number of allylic oxidation sites excluding steroid dienone is 1. The molecule has 5 rings (SSSR count). The molecule has 1 aromatic carbocycles. The Morgan fingerprint density at radius 2 is 1.68 bits per heavy atom. The molecule has 1 aromatic rings. The topological polar surface area (TPSA) is 37.3 Å². The molecule has 0 aliphatic heterocycles. The molecule has 2 nitrogen and oxygen atoms in total. The lowest BCUT2D eigenvalue weighted by molar-refractivity contribution is -0.132. The van der Waals surface area contributed by atoms with E-state index in [4.69, 9.17) is 0 Å². The zero-order valence-corrected chi connectivity index (χ0v) is 17.4. The van der Waals surface area contributed by atoms with E-state index in [2.05, 4.69) is 44.2 Å². The van der Waals surface area contributed by atoms with Gasteiger partial charge in [0.15, 0.2) is 0 Å². The molecule has 0 radical (unpaired) electrons. The number of fused-ring (bicyclic) bond motifs is 5. The second kappa shape index (κ2) is 6.29. The molecule has 4 aliphatic carbocycles. The maximum absolute atomic E-state index is 12.6. The van der Waals surface area contributed by atoms with Crippen molar-refractivity contribution in [2.45, 2.75) is 77.2 Å². The Labute approximate surface area is 169 Å². The van der Waals surface area contributed by atoms with Crippen LogP contribution >= 0.6 is 0 Å². The van der Waals surface area contributed by atoms with Crippen molar-refractivity contribution in [2.24, 2.45) is 28.6 Å². The molecule has 0 heterocycles. The SMILES string of the molecule is CC12CCC3C(CCC4=CC(O)(Cc5ccccc5)CCC43C)C1CCC2=O. The summed E-state index contributed by atoms with van der Waals surface area (Å²) in [6, 6.07) is 10.4. The summed E-state index contributed by atoms with van der Waals surface area (Å²) in [6.07, 6.45) is 11.4. The second-order valence-corrected chi connectivity index (χ2v) is 10.7. The molecule has 3 fully saturated rings. The van der Waals surface area contributed by atoms with Gasteiger partial charge in [-0.05, 0) is 73.7 Å². The number of carbonyl (C=O) groups is 1. The maximum atomic E-state index is 12.6. The predicted molar refractivity (Wildman–Crippen MR) is 112 cm³/mol. The Kier molecular flexibility index (Phi) is 4.18. The average Bonchev–Trinajstić information content (AvgIpc) is 2.98. The van der Waals surface area contributed by atoms with Crippen molar-refractivity contribution in [1.29, 1.82) is 0 Å². The van der Waals surface area contributed by atoms with Crippen molar-refractivity contribution in [1.82, 2.24) is 0 Å². The number of ketones is 1. The summed E-state index contributed by atoms with van der Waals surface area (Å²) in [5.74, 6) is 2.52. The van der Waals surface area contributed by atoms with Crippen LogP contribution in [0.15, 0.2) is 42.0 Å². The van der Waals surface area contributed by atoms with Gasteiger partial charge in [-0.25, -0.2) is 0 Å². The van der Waals surface area contributed by atoms with Crippen LogP contribution in [0, 0.1) is 28.6 Å². The van der Waals surface area contributed by atoms with E-state index in [1.54, 1.807) is 0 Å². The number of Topliss-reactive ketones (excluding diaryl/α,β-unsaturated/α-hetero) is 1. The predicted octanol–water partition coefficient (Wildman–Crippen LogP) is 5.49. The van der Waals surface area contributed by atoms with Gasteiger partial charge in [-0.1, -0.05) is 55.8 Å². The van der Waals surface area contributed by atoms with Crippen LogP contribution in [0.4, 0.5) is 0 Å². The normalized spacial score (nSPS) is 45.0. The minimum Gasteiger partial charge on any atom is -0.385 e. The van der Waals surface area contributed by atoms with Crippen LogP contribution in [0.1, 0.15) is 70.8 Å². The fraction of sp³-hybridized carbons (Fsp3) is 0.654. The van der Waals surface area contributed by atoms with E-state index >= 15 is 0 Å². The van der Waals surface area contributed by atoms with Crippen molar-refractivity contribution < 1.29 is 9.90 Å². The van der Waals surface area contributed by atoms with Crippen molar-refractivity contribution in [3.05, 3.63) is 47.5 Å². The minimum absolute atomic E-state index is 0.0402. The molecule has 0 aromatic heterocycles. The molecule has 3 saturated carbocycles. The van der Waals surface area contributed by atoms with Gasteiger partial charge in [0, 0.05) is 18.3 Å². The van der Waals surface area contributed by atoms with Crippen molar-refractivity contribution >= 4 is 5.78 Å². The van der Waals surface area contributed by atoms with Gasteiger partial charge < -0.3 is 5.11 Å². The van der Waals surface area contributed by atoms with Crippen molar-refractivity contribution in [3.8, 4) is 0 Å². The van der Waals surface area contributed by atoms with E-state index in [1.807, 2.05) is 6.07 Å². The first-order valence-electron chi connectivity index (χ1n) is 11.4. The van der Waals surface area contributed by atoms with Crippen LogP contribution in [0.3, 0.4) is 0 Å². The van der Waals surface area contributed by atoms with Crippen LogP contribution in [-0.4, -0.2) is 16.5 Å². The third-order valence-corrected chi connectivity index (χ3v) is 9.32. The monoisotopic (exact) mass is 378 g/mol. The van der Waals surface area contributed by atoms with E-state index in [9.17, 15) is 9.90 Å². The summed E-state index contributed by atoms with van der Waals surface area (Å²) in [6.45, 7) is 4.73. The summed E-state index contributed by atoms with van der Waals surface area (Å²) >= 11 is 0. The lowest BCUT2D eigenvalue weighted by Gasteiger charge is -2.58. The standard InChI is InChI=1S/C26H34O2/c1-24-14-15-26(28,16-18-6-4-3-5-7-18)17-19(24)8-9-20-21-10-11-23(27)25(21,2)13-12-22(20)24/h3-7,17,20-22,28H,8-16H2,1-2H3. The number of hydrogen-bond donors (Lipinski definition) is 1. The summed E-state index contributed by atoms with van der Waals surface area (Å²) in [5.41, 5.74) is 2.21. The third-order valence-electron chi connectivity index (χ3n) is 9.32. The quantitative estimate of drug-likeness (QED) is 0.691. The van der Waals surface area contributed by atoms with E-state index < -0.39 is 5.60 Å². The largest absolute Gasteiger partial charge is 0.385 e. The lowest BCUT2D eigenvalue weighted by atomic mass is 9.47. The van der Waals surface area contributed by atoms with E-state index in [0.717, 1.165) is 44.9 Å². The van der Waals surface area contributed by atoms with Crippen LogP contribution in [0.25, 0.3) is 0 Å². The number of carbonyl (C=O) groups excluding carboxylic acids is 1. The average molecular weight is 379 g/mol. The fourth-order valence-corrected chi connectivity index (χ4v) is 7.64. The molecule has 0 amide bonds. The molecule has 6 atom stereocenters. The Bertz CT molecular complexity index is 811. The van der Waals surface area contributed by atoms with Crippen molar-refractivity contribution in [2.75, 3.05) is 0 Å². The Balaban J connectivity index is 1.42. The van der Waals surface area contributed by atoms with Gasteiger partial charge in [0.1, 0.15) is 5.78 Å². The minimum atomic E-state index is -0.699. The van der Waals surface area contributed by atoms with Gasteiger partial charge in [-0.3, -0.25) is 4.79 Å². The van der Waals surface area contributed by atoms with E-state index in [1.165, 1.54) is 24.0 Å². The van der Waals surface area contributed by atoms with E-state index in [0.29, 0.717) is 23.5 Å². The van der Waals surface area contributed by atoms with Gasteiger partial charge in [0.05, 0.1) is 5.60 Å². The summed E-state index contributed by atoms with van der Waals surface area (Å²) in [7, 11) is 0. The Hall–Kier alpha value is -1.41. The van der Waals surface area contributed by atoms with Crippen LogP contribution in [-0.2, 0) is 11.2 Å². The number of hydrogen-bond acceptors (Lipinski definition) is 2. The smallest absolute Gasteiger partial charge is 0.139 e. The molecule has 0 spiro atoms. The van der Waals surface area contributed by atoms with Crippen LogP contribution < -0.4 is 0 Å². The number of benzene rings is 1. The lowest BCUT2D eigenvalue weighted by Crippen LogP contribution is -2.52. The summed E-state index contributed by atoms with van der Waals surface area (Å²) in [5, 5.41) is 11.4. The molecular formula is C26H34O2. The summed E-state index contributed by atoms with van der Waals surface area (Å²) in [4.78, 5) is 12.6. The van der Waals surface area contributed by atoms with Gasteiger partial charge in [-0.2, -0.15) is 0 Å². The highest BCUT2D eigenvalue weighted by atomic mass is 16.3. The molecule has 6 unspecified atom stereocenters. The number of rotatable bonds is 2. The van der Waals surface area contributed by atoms with E-state index in [-0.39, 0.29) is 10.8 Å². The Morgan fingerprint density at radius 3 is 2.46 bits per heavy atom. The highest BCUT2D eigenvalue weighted by Crippen LogP contribution is 2.65.